The van der Waals surface area contributed by atoms with E-state index in [1.807, 2.05) is 0 Å². The highest BCUT2D eigenvalue weighted by Crippen LogP contribution is 2.38. The van der Waals surface area contributed by atoms with Crippen molar-refractivity contribution in [3.8, 4) is 0 Å². The third-order valence-electron chi connectivity index (χ3n) is 5.06. The Bertz CT molecular complexity index is 268. The number of amidine groups is 1. The van der Waals surface area contributed by atoms with Gasteiger partial charge in [-0.05, 0) is 38.0 Å². The number of nitrogens with zero attached hydrogens (tertiary/aromatic N) is 1. The average Bonchev–Trinajstić information content (AvgIpc) is 2.98. The fourth-order valence-electron chi connectivity index (χ4n) is 4.14. The predicted octanol–water partition coefficient (Wildman–Crippen LogP) is 3.42. The Morgan fingerprint density at radius 2 is 1.56 bits per heavy atom. The maximum Gasteiger partial charge on any atom is 0.0992 e. The van der Waals surface area contributed by atoms with Gasteiger partial charge in [-0.3, -0.25) is 5.41 Å². The monoisotopic (exact) mass is 220 g/mol. The smallest absolute Gasteiger partial charge is 0.0992 e. The summed E-state index contributed by atoms with van der Waals surface area (Å²) in [6.45, 7) is 1.19. The molecule has 1 saturated heterocycles. The largest absolute Gasteiger partial charge is 0.357 e. The lowest BCUT2D eigenvalue weighted by molar-refractivity contribution is 0.245. The zero-order valence-electron chi connectivity index (χ0n) is 10.3. The van der Waals surface area contributed by atoms with Crippen molar-refractivity contribution in [2.24, 2.45) is 11.8 Å². The summed E-state index contributed by atoms with van der Waals surface area (Å²) in [5.41, 5.74) is 0. The molecule has 0 spiro atoms. The Hall–Kier alpha value is -0.530. The Labute approximate surface area is 98.9 Å². The van der Waals surface area contributed by atoms with Gasteiger partial charge in [-0.25, -0.2) is 0 Å². The van der Waals surface area contributed by atoms with E-state index in [1.54, 1.807) is 0 Å². The van der Waals surface area contributed by atoms with E-state index < -0.39 is 0 Å². The Balaban J connectivity index is 1.67. The van der Waals surface area contributed by atoms with Gasteiger partial charge in [-0.15, -0.1) is 0 Å². The van der Waals surface area contributed by atoms with E-state index in [-0.39, 0.29) is 0 Å². The van der Waals surface area contributed by atoms with Gasteiger partial charge in [-0.2, -0.15) is 0 Å². The first-order valence-electron chi connectivity index (χ1n) is 7.21. The summed E-state index contributed by atoms with van der Waals surface area (Å²) >= 11 is 0. The topological polar surface area (TPSA) is 27.1 Å². The number of fused-ring (bicyclic) bond motifs is 1. The summed E-state index contributed by atoms with van der Waals surface area (Å²) in [5, 5.41) is 8.43. The summed E-state index contributed by atoms with van der Waals surface area (Å²) < 4.78 is 0. The molecule has 0 aromatic rings. The van der Waals surface area contributed by atoms with Crippen LogP contribution < -0.4 is 0 Å². The molecule has 2 atom stereocenters. The molecular formula is C14H24N2. The summed E-state index contributed by atoms with van der Waals surface area (Å²) in [4.78, 5) is 2.49. The van der Waals surface area contributed by atoms with Gasteiger partial charge in [-0.1, -0.05) is 25.7 Å². The van der Waals surface area contributed by atoms with Crippen LogP contribution in [0.5, 0.6) is 0 Å². The number of rotatable bonds is 1. The van der Waals surface area contributed by atoms with Gasteiger partial charge in [0, 0.05) is 18.5 Å². The summed E-state index contributed by atoms with van der Waals surface area (Å²) in [6.07, 6.45) is 12.3. The van der Waals surface area contributed by atoms with Crippen molar-refractivity contribution in [2.75, 3.05) is 6.54 Å². The molecule has 0 aromatic heterocycles. The third kappa shape index (κ3) is 1.76. The van der Waals surface area contributed by atoms with E-state index in [2.05, 4.69) is 4.90 Å². The third-order valence-corrected chi connectivity index (χ3v) is 5.06. The van der Waals surface area contributed by atoms with Crippen molar-refractivity contribution in [3.05, 3.63) is 0 Å². The van der Waals surface area contributed by atoms with E-state index in [4.69, 9.17) is 5.41 Å². The molecule has 3 rings (SSSR count). The molecule has 2 aliphatic carbocycles. The van der Waals surface area contributed by atoms with Gasteiger partial charge in [0.05, 0.1) is 5.84 Å². The normalized spacial score (nSPS) is 35.4. The second-order valence-electron chi connectivity index (χ2n) is 5.96. The van der Waals surface area contributed by atoms with Crippen molar-refractivity contribution < 1.29 is 0 Å². The van der Waals surface area contributed by atoms with Crippen LogP contribution in [-0.4, -0.2) is 23.3 Å². The zero-order chi connectivity index (χ0) is 11.0. The minimum absolute atomic E-state index is 0.612. The summed E-state index contributed by atoms with van der Waals surface area (Å²) in [5.74, 6) is 2.54. The van der Waals surface area contributed by atoms with E-state index in [1.165, 1.54) is 64.3 Å². The van der Waals surface area contributed by atoms with Crippen LogP contribution in [0.3, 0.4) is 0 Å². The molecule has 3 aliphatic rings. The maximum atomic E-state index is 8.43. The molecule has 2 saturated carbocycles. The lowest BCUT2D eigenvalue weighted by atomic mass is 9.85. The average molecular weight is 220 g/mol. The number of hydrogen-bond acceptors (Lipinski definition) is 1. The van der Waals surface area contributed by atoms with Crippen LogP contribution in [-0.2, 0) is 0 Å². The van der Waals surface area contributed by atoms with E-state index in [9.17, 15) is 0 Å². The van der Waals surface area contributed by atoms with Crippen molar-refractivity contribution in [2.45, 2.75) is 63.8 Å². The molecular weight excluding hydrogens is 196 g/mol. The van der Waals surface area contributed by atoms with Crippen LogP contribution in [0.1, 0.15) is 57.8 Å². The quantitative estimate of drug-likeness (QED) is 0.532. The van der Waals surface area contributed by atoms with Crippen molar-refractivity contribution >= 4 is 5.84 Å². The van der Waals surface area contributed by atoms with Crippen LogP contribution >= 0.6 is 0 Å². The molecule has 3 fully saturated rings. The first kappa shape index (κ1) is 10.6. The predicted molar refractivity (Wildman–Crippen MR) is 66.8 cm³/mol. The van der Waals surface area contributed by atoms with Gasteiger partial charge in [0.25, 0.3) is 0 Å². The first-order valence-corrected chi connectivity index (χ1v) is 7.21. The van der Waals surface area contributed by atoms with Crippen LogP contribution in [0.2, 0.25) is 0 Å². The fraction of sp³-hybridized carbons (Fsp3) is 0.929. The fourth-order valence-corrected chi connectivity index (χ4v) is 4.14. The highest BCUT2D eigenvalue weighted by atomic mass is 15.2. The highest BCUT2D eigenvalue weighted by Gasteiger charge is 2.38. The molecule has 0 aromatic carbocycles. The van der Waals surface area contributed by atoms with Gasteiger partial charge in [0.1, 0.15) is 0 Å². The van der Waals surface area contributed by atoms with Crippen LogP contribution in [0.4, 0.5) is 0 Å². The molecule has 0 amide bonds. The van der Waals surface area contributed by atoms with Gasteiger partial charge in [0.15, 0.2) is 0 Å². The maximum absolute atomic E-state index is 8.43. The molecule has 1 heterocycles. The lowest BCUT2D eigenvalue weighted by Gasteiger charge is -2.35. The Kier molecular flexibility index (Phi) is 2.91. The molecule has 90 valence electrons. The molecule has 0 bridgehead atoms. The summed E-state index contributed by atoms with van der Waals surface area (Å²) in [7, 11) is 0. The van der Waals surface area contributed by atoms with Crippen molar-refractivity contribution in [3.63, 3.8) is 0 Å². The van der Waals surface area contributed by atoms with E-state index in [0.29, 0.717) is 5.92 Å². The standard InChI is InChI=1S/C14H24N2/c15-14(12-6-1-2-7-12)16-10-9-11-5-3-4-8-13(11)16/h11-13,15H,1-10H2. The van der Waals surface area contributed by atoms with Crippen LogP contribution in [0.15, 0.2) is 0 Å². The van der Waals surface area contributed by atoms with Crippen molar-refractivity contribution in [1.82, 2.24) is 4.90 Å². The van der Waals surface area contributed by atoms with E-state index in [0.717, 1.165) is 17.8 Å². The van der Waals surface area contributed by atoms with Crippen LogP contribution in [0.25, 0.3) is 0 Å². The van der Waals surface area contributed by atoms with Gasteiger partial charge in [0.2, 0.25) is 0 Å². The second kappa shape index (κ2) is 4.38. The molecule has 2 nitrogen and oxygen atoms in total. The Morgan fingerprint density at radius 3 is 2.38 bits per heavy atom. The minimum atomic E-state index is 0.612. The van der Waals surface area contributed by atoms with Crippen LogP contribution in [0, 0.1) is 17.2 Å². The van der Waals surface area contributed by atoms with Gasteiger partial charge >= 0.3 is 0 Å². The van der Waals surface area contributed by atoms with E-state index >= 15 is 0 Å². The lowest BCUT2D eigenvalue weighted by Crippen LogP contribution is -2.41. The molecule has 2 heteroatoms. The molecule has 2 unspecified atom stereocenters. The molecule has 1 N–H and O–H groups in total. The molecule has 0 radical (unpaired) electrons. The second-order valence-corrected chi connectivity index (χ2v) is 5.96. The highest BCUT2D eigenvalue weighted by molar-refractivity contribution is 5.82. The Morgan fingerprint density at radius 1 is 0.875 bits per heavy atom. The SMILES string of the molecule is N=C(C1CCCC1)N1CCC2CCCCC21. The molecule has 1 aliphatic heterocycles. The van der Waals surface area contributed by atoms with Gasteiger partial charge < -0.3 is 4.90 Å². The number of likely N-dealkylation sites (tertiary alicyclic amines) is 1. The first-order chi connectivity index (χ1) is 7.86. The number of hydrogen-bond donors (Lipinski definition) is 1. The minimum Gasteiger partial charge on any atom is -0.357 e. The number of nitrogens with one attached hydrogen (secondary N) is 1. The molecule has 16 heavy (non-hydrogen) atoms. The van der Waals surface area contributed by atoms with Crippen molar-refractivity contribution in [1.29, 1.82) is 5.41 Å². The zero-order valence-corrected chi connectivity index (χ0v) is 10.3. The summed E-state index contributed by atoms with van der Waals surface area (Å²) in [6, 6.07) is 0.752.